The lowest BCUT2D eigenvalue weighted by Gasteiger charge is -2.03. The van der Waals surface area contributed by atoms with Gasteiger partial charge in [-0.2, -0.15) is 0 Å². The van der Waals surface area contributed by atoms with Crippen molar-refractivity contribution in [3.05, 3.63) is 63.7 Å². The lowest BCUT2D eigenvalue weighted by Crippen LogP contribution is -2.16. The number of rotatable bonds is 3. The molecule has 0 saturated carbocycles. The molecule has 1 N–H and O–H groups in total. The first-order valence-corrected chi connectivity index (χ1v) is 5.49. The maximum absolute atomic E-state index is 11.9. The van der Waals surface area contributed by atoms with Crippen LogP contribution in [0.2, 0.25) is 0 Å². The van der Waals surface area contributed by atoms with E-state index in [0.29, 0.717) is 0 Å². The highest BCUT2D eigenvalue weighted by molar-refractivity contribution is 5.99. The molecular formula is C14H12O4. The van der Waals surface area contributed by atoms with Crippen molar-refractivity contribution in [1.82, 2.24) is 0 Å². The summed E-state index contributed by atoms with van der Waals surface area (Å²) in [4.78, 5) is 23.5. The smallest absolute Gasteiger partial charge is 0.350 e. The molecule has 1 heterocycles. The summed E-state index contributed by atoms with van der Waals surface area (Å²) in [6.45, 7) is 1.53. The first-order chi connectivity index (χ1) is 8.58. The van der Waals surface area contributed by atoms with Gasteiger partial charge in [0.1, 0.15) is 17.1 Å². The van der Waals surface area contributed by atoms with Gasteiger partial charge in [0.15, 0.2) is 5.78 Å². The number of aryl methyl sites for hydroxylation is 1. The van der Waals surface area contributed by atoms with Crippen LogP contribution in [0.3, 0.4) is 0 Å². The molecule has 0 atom stereocenters. The van der Waals surface area contributed by atoms with Gasteiger partial charge in [-0.15, -0.1) is 0 Å². The Balaban J connectivity index is 2.33. The quantitative estimate of drug-likeness (QED) is 0.839. The number of aromatic hydroxyl groups is 1. The van der Waals surface area contributed by atoms with Gasteiger partial charge in [-0.25, -0.2) is 4.79 Å². The van der Waals surface area contributed by atoms with Crippen LogP contribution in [0.4, 0.5) is 0 Å². The number of hydrogen-bond donors (Lipinski definition) is 1. The number of carbonyl (C=O) groups excluding carboxylic acids is 1. The van der Waals surface area contributed by atoms with Crippen LogP contribution in [0, 0.1) is 6.92 Å². The minimum absolute atomic E-state index is 0.0578. The van der Waals surface area contributed by atoms with Crippen LogP contribution in [-0.2, 0) is 6.42 Å². The van der Waals surface area contributed by atoms with E-state index in [1.165, 1.54) is 13.0 Å². The van der Waals surface area contributed by atoms with Crippen molar-refractivity contribution in [3.8, 4) is 5.75 Å². The first-order valence-electron chi connectivity index (χ1n) is 5.49. The van der Waals surface area contributed by atoms with Crippen molar-refractivity contribution < 1.29 is 14.3 Å². The molecule has 2 rings (SSSR count). The summed E-state index contributed by atoms with van der Waals surface area (Å²) in [5, 5.41) is 9.64. The third kappa shape index (κ3) is 2.48. The normalized spacial score (nSPS) is 10.3. The summed E-state index contributed by atoms with van der Waals surface area (Å²) in [6.07, 6.45) is 0.0578. The molecule has 0 fully saturated rings. The summed E-state index contributed by atoms with van der Waals surface area (Å²) in [6, 6.07) is 10.3. The molecular weight excluding hydrogens is 232 g/mol. The van der Waals surface area contributed by atoms with Crippen LogP contribution in [0.25, 0.3) is 0 Å². The molecule has 0 aliphatic carbocycles. The third-order valence-electron chi connectivity index (χ3n) is 2.54. The molecule has 92 valence electrons. The number of Topliss-reactive ketones (excluding diaryl/α,β-unsaturated/α-hetero) is 1. The summed E-state index contributed by atoms with van der Waals surface area (Å²) in [7, 11) is 0. The fraction of sp³-hybridized carbons (Fsp3) is 0.143. The van der Waals surface area contributed by atoms with E-state index in [9.17, 15) is 14.7 Å². The van der Waals surface area contributed by atoms with Crippen LogP contribution >= 0.6 is 0 Å². The third-order valence-corrected chi connectivity index (χ3v) is 2.54. The van der Waals surface area contributed by atoms with Crippen LogP contribution in [-0.4, -0.2) is 10.9 Å². The maximum Gasteiger partial charge on any atom is 0.350 e. The molecule has 0 unspecified atom stereocenters. The number of benzene rings is 1. The minimum Gasteiger partial charge on any atom is -0.507 e. The Morgan fingerprint density at radius 3 is 2.56 bits per heavy atom. The molecule has 0 bridgehead atoms. The molecule has 1 aromatic carbocycles. The standard InChI is InChI=1S/C14H12O4/c1-9-7-11(15)13(14(17)18-9)12(16)8-10-5-3-2-4-6-10/h2-7,15H,8H2,1H3. The highest BCUT2D eigenvalue weighted by Gasteiger charge is 2.18. The summed E-state index contributed by atoms with van der Waals surface area (Å²) >= 11 is 0. The molecule has 0 aliphatic rings. The van der Waals surface area contributed by atoms with E-state index in [4.69, 9.17) is 4.42 Å². The largest absolute Gasteiger partial charge is 0.507 e. The first kappa shape index (κ1) is 12.1. The van der Waals surface area contributed by atoms with Crippen molar-refractivity contribution in [3.63, 3.8) is 0 Å². The molecule has 0 saturated heterocycles. The number of carbonyl (C=O) groups is 1. The molecule has 0 spiro atoms. The zero-order valence-corrected chi connectivity index (χ0v) is 9.84. The SMILES string of the molecule is Cc1cc(O)c(C(=O)Cc2ccccc2)c(=O)o1. The van der Waals surface area contributed by atoms with Crippen molar-refractivity contribution in [2.45, 2.75) is 13.3 Å². The second-order valence-corrected chi connectivity index (χ2v) is 3.99. The van der Waals surface area contributed by atoms with Gasteiger partial charge in [0.25, 0.3) is 0 Å². The van der Waals surface area contributed by atoms with E-state index in [2.05, 4.69) is 0 Å². The van der Waals surface area contributed by atoms with Crippen LogP contribution in [0.1, 0.15) is 21.7 Å². The van der Waals surface area contributed by atoms with Gasteiger partial charge in [0, 0.05) is 12.5 Å². The Morgan fingerprint density at radius 1 is 1.28 bits per heavy atom. The van der Waals surface area contributed by atoms with Gasteiger partial charge in [-0.1, -0.05) is 30.3 Å². The average Bonchev–Trinajstić information content (AvgIpc) is 2.28. The topological polar surface area (TPSA) is 67.5 Å². The van der Waals surface area contributed by atoms with E-state index < -0.39 is 11.4 Å². The maximum atomic E-state index is 11.9. The Hall–Kier alpha value is -2.36. The fourth-order valence-electron chi connectivity index (χ4n) is 1.72. The Morgan fingerprint density at radius 2 is 1.94 bits per heavy atom. The second kappa shape index (κ2) is 4.87. The molecule has 0 aliphatic heterocycles. The Bertz CT molecular complexity index is 626. The minimum atomic E-state index is -0.798. The Labute approximate surface area is 104 Å². The predicted molar refractivity (Wildman–Crippen MR) is 65.9 cm³/mol. The molecule has 4 nitrogen and oxygen atoms in total. The monoisotopic (exact) mass is 244 g/mol. The van der Waals surface area contributed by atoms with E-state index in [-0.39, 0.29) is 23.5 Å². The average molecular weight is 244 g/mol. The van der Waals surface area contributed by atoms with Crippen molar-refractivity contribution in [2.75, 3.05) is 0 Å². The van der Waals surface area contributed by atoms with Gasteiger partial charge < -0.3 is 9.52 Å². The lowest BCUT2D eigenvalue weighted by atomic mass is 10.0. The van der Waals surface area contributed by atoms with E-state index in [1.807, 2.05) is 6.07 Å². The van der Waals surface area contributed by atoms with Crippen molar-refractivity contribution in [1.29, 1.82) is 0 Å². The molecule has 18 heavy (non-hydrogen) atoms. The van der Waals surface area contributed by atoms with E-state index in [1.54, 1.807) is 24.3 Å². The number of ketones is 1. The zero-order valence-electron chi connectivity index (χ0n) is 9.84. The van der Waals surface area contributed by atoms with Crippen molar-refractivity contribution in [2.24, 2.45) is 0 Å². The number of hydrogen-bond acceptors (Lipinski definition) is 4. The van der Waals surface area contributed by atoms with Crippen LogP contribution < -0.4 is 5.63 Å². The molecule has 2 aromatic rings. The van der Waals surface area contributed by atoms with Gasteiger partial charge in [0.2, 0.25) is 0 Å². The summed E-state index contributed by atoms with van der Waals surface area (Å²) in [5.74, 6) is -0.508. The summed E-state index contributed by atoms with van der Waals surface area (Å²) < 4.78 is 4.81. The highest BCUT2D eigenvalue weighted by atomic mass is 16.4. The van der Waals surface area contributed by atoms with Gasteiger partial charge in [0.05, 0.1) is 0 Å². The highest BCUT2D eigenvalue weighted by Crippen LogP contribution is 2.16. The predicted octanol–water partition coefficient (Wildman–Crippen LogP) is 2.08. The van der Waals surface area contributed by atoms with Crippen molar-refractivity contribution >= 4 is 5.78 Å². The van der Waals surface area contributed by atoms with E-state index in [0.717, 1.165) is 5.56 Å². The van der Waals surface area contributed by atoms with E-state index >= 15 is 0 Å². The fourth-order valence-corrected chi connectivity index (χ4v) is 1.72. The summed E-state index contributed by atoms with van der Waals surface area (Å²) in [5.41, 5.74) is -0.306. The zero-order chi connectivity index (χ0) is 13.1. The molecule has 4 heteroatoms. The lowest BCUT2D eigenvalue weighted by molar-refractivity contribution is 0.0986. The van der Waals surface area contributed by atoms with Crippen LogP contribution in [0.5, 0.6) is 5.75 Å². The molecule has 0 radical (unpaired) electrons. The Kier molecular flexibility index (Phi) is 3.28. The molecule has 1 aromatic heterocycles. The van der Waals surface area contributed by atoms with Crippen LogP contribution in [0.15, 0.2) is 45.6 Å². The van der Waals surface area contributed by atoms with Gasteiger partial charge in [-0.05, 0) is 12.5 Å². The second-order valence-electron chi connectivity index (χ2n) is 3.99. The van der Waals surface area contributed by atoms with Gasteiger partial charge >= 0.3 is 5.63 Å². The van der Waals surface area contributed by atoms with Gasteiger partial charge in [-0.3, -0.25) is 4.79 Å². The molecule has 0 amide bonds.